The van der Waals surface area contributed by atoms with E-state index in [4.69, 9.17) is 4.74 Å². The lowest BCUT2D eigenvalue weighted by Crippen LogP contribution is -2.52. The summed E-state index contributed by atoms with van der Waals surface area (Å²) in [6.45, 7) is 7.19. The monoisotopic (exact) mass is 301 g/mol. The summed E-state index contributed by atoms with van der Waals surface area (Å²) in [4.78, 5) is 2.44. The first-order valence-electron chi connectivity index (χ1n) is 5.92. The number of alkyl halides is 1. The van der Waals surface area contributed by atoms with Crippen LogP contribution in [0.1, 0.15) is 19.4 Å². The average molecular weight is 302 g/mol. The van der Waals surface area contributed by atoms with E-state index in [-0.39, 0.29) is 11.7 Å². The van der Waals surface area contributed by atoms with Crippen LogP contribution in [0.2, 0.25) is 0 Å². The first kappa shape index (κ1) is 13.1. The summed E-state index contributed by atoms with van der Waals surface area (Å²) in [5.74, 6) is 0. The fourth-order valence-corrected chi connectivity index (χ4v) is 2.77. The van der Waals surface area contributed by atoms with Crippen LogP contribution in [0.4, 0.5) is 0 Å². The lowest BCUT2D eigenvalue weighted by Gasteiger charge is -2.42. The van der Waals surface area contributed by atoms with Gasteiger partial charge in [0.2, 0.25) is 0 Å². The van der Waals surface area contributed by atoms with E-state index >= 15 is 0 Å². The Morgan fingerprint density at radius 2 is 2.35 bits per heavy atom. The van der Waals surface area contributed by atoms with Crippen LogP contribution in [0.5, 0.6) is 0 Å². The SMILES string of the molecule is Cn1cc(CN2CC(CBr)OC(C)(C)C2)cn1. The third kappa shape index (κ3) is 3.53. The summed E-state index contributed by atoms with van der Waals surface area (Å²) in [5.41, 5.74) is 1.19. The maximum atomic E-state index is 5.99. The molecular formula is C12H20BrN3O. The standard InChI is InChI=1S/C12H20BrN3O/c1-12(2)9-16(8-11(4-13)17-12)7-10-5-14-15(3)6-10/h5-6,11H,4,7-9H2,1-3H3. The van der Waals surface area contributed by atoms with E-state index < -0.39 is 0 Å². The number of aryl methyl sites for hydroxylation is 1. The first-order chi connectivity index (χ1) is 7.98. The zero-order valence-corrected chi connectivity index (χ0v) is 12.3. The molecule has 1 fully saturated rings. The predicted octanol–water partition coefficient (Wildman–Crippen LogP) is 1.79. The van der Waals surface area contributed by atoms with Crippen molar-refractivity contribution in [2.45, 2.75) is 32.1 Å². The minimum Gasteiger partial charge on any atom is -0.369 e. The maximum absolute atomic E-state index is 5.99. The van der Waals surface area contributed by atoms with Gasteiger partial charge in [-0.1, -0.05) is 15.9 Å². The van der Waals surface area contributed by atoms with Crippen LogP contribution in [0.3, 0.4) is 0 Å². The quantitative estimate of drug-likeness (QED) is 0.798. The molecule has 5 heteroatoms. The third-order valence-electron chi connectivity index (χ3n) is 2.89. The zero-order chi connectivity index (χ0) is 12.5. The molecule has 1 unspecified atom stereocenters. The van der Waals surface area contributed by atoms with Crippen LogP contribution in [0.25, 0.3) is 0 Å². The number of hydrogen-bond donors (Lipinski definition) is 0. The highest BCUT2D eigenvalue weighted by atomic mass is 79.9. The molecular weight excluding hydrogens is 282 g/mol. The third-order valence-corrected chi connectivity index (χ3v) is 3.61. The maximum Gasteiger partial charge on any atom is 0.0806 e. The van der Waals surface area contributed by atoms with Gasteiger partial charge >= 0.3 is 0 Å². The molecule has 0 bridgehead atoms. The van der Waals surface area contributed by atoms with Crippen molar-refractivity contribution in [1.82, 2.24) is 14.7 Å². The Bertz CT molecular complexity index is 378. The summed E-state index contributed by atoms with van der Waals surface area (Å²) in [6.07, 6.45) is 4.28. The Morgan fingerprint density at radius 1 is 1.59 bits per heavy atom. The van der Waals surface area contributed by atoms with Crippen molar-refractivity contribution in [3.63, 3.8) is 0 Å². The van der Waals surface area contributed by atoms with Gasteiger partial charge in [-0.3, -0.25) is 9.58 Å². The molecule has 2 heterocycles. The van der Waals surface area contributed by atoms with Gasteiger partial charge in [-0.25, -0.2) is 0 Å². The van der Waals surface area contributed by atoms with Gasteiger partial charge < -0.3 is 4.74 Å². The molecule has 1 atom stereocenters. The predicted molar refractivity (Wildman–Crippen MR) is 71.2 cm³/mol. The number of morpholine rings is 1. The molecule has 0 aliphatic carbocycles. The fraction of sp³-hybridized carbons (Fsp3) is 0.750. The minimum absolute atomic E-state index is 0.0705. The van der Waals surface area contributed by atoms with E-state index in [0.717, 1.165) is 25.0 Å². The topological polar surface area (TPSA) is 30.3 Å². The van der Waals surface area contributed by atoms with Gasteiger partial charge in [-0.15, -0.1) is 0 Å². The second kappa shape index (κ2) is 5.08. The number of ether oxygens (including phenoxy) is 1. The molecule has 1 saturated heterocycles. The molecule has 0 radical (unpaired) electrons. The smallest absolute Gasteiger partial charge is 0.0806 e. The van der Waals surface area contributed by atoms with Crippen molar-refractivity contribution < 1.29 is 4.74 Å². The van der Waals surface area contributed by atoms with E-state index in [2.05, 4.69) is 46.0 Å². The lowest BCUT2D eigenvalue weighted by molar-refractivity contribution is -0.128. The molecule has 0 saturated carbocycles. The van der Waals surface area contributed by atoms with E-state index in [0.29, 0.717) is 0 Å². The van der Waals surface area contributed by atoms with E-state index in [9.17, 15) is 0 Å². The first-order valence-corrected chi connectivity index (χ1v) is 7.04. The van der Waals surface area contributed by atoms with Gasteiger partial charge in [0.1, 0.15) is 0 Å². The van der Waals surface area contributed by atoms with Crippen molar-refractivity contribution in [2.24, 2.45) is 7.05 Å². The molecule has 1 aromatic rings. The number of halogens is 1. The largest absolute Gasteiger partial charge is 0.369 e. The summed E-state index contributed by atoms with van der Waals surface area (Å²) in [5, 5.41) is 5.10. The van der Waals surface area contributed by atoms with Crippen LogP contribution in [-0.4, -0.2) is 44.8 Å². The van der Waals surface area contributed by atoms with Crippen LogP contribution < -0.4 is 0 Å². The lowest BCUT2D eigenvalue weighted by atomic mass is 10.1. The van der Waals surface area contributed by atoms with Gasteiger partial charge in [0.15, 0.2) is 0 Å². The van der Waals surface area contributed by atoms with Crippen molar-refractivity contribution in [1.29, 1.82) is 0 Å². The Balaban J connectivity index is 2.00. The van der Waals surface area contributed by atoms with Crippen molar-refractivity contribution in [3.8, 4) is 0 Å². The molecule has 0 aromatic carbocycles. The summed E-state index contributed by atoms with van der Waals surface area (Å²) in [7, 11) is 1.95. The summed E-state index contributed by atoms with van der Waals surface area (Å²) < 4.78 is 7.84. The second-order valence-electron chi connectivity index (χ2n) is 5.35. The van der Waals surface area contributed by atoms with Crippen molar-refractivity contribution >= 4 is 15.9 Å². The molecule has 1 aliphatic rings. The summed E-state index contributed by atoms with van der Waals surface area (Å²) in [6, 6.07) is 0. The van der Waals surface area contributed by atoms with Crippen LogP contribution >= 0.6 is 15.9 Å². The highest BCUT2D eigenvalue weighted by Crippen LogP contribution is 2.23. The molecule has 96 valence electrons. The number of aromatic nitrogens is 2. The Labute approximate surface area is 111 Å². The molecule has 4 nitrogen and oxygen atoms in total. The molecule has 0 spiro atoms. The number of hydrogen-bond acceptors (Lipinski definition) is 3. The van der Waals surface area contributed by atoms with Crippen molar-refractivity contribution in [3.05, 3.63) is 18.0 Å². The zero-order valence-electron chi connectivity index (χ0n) is 10.7. The number of nitrogens with zero attached hydrogens (tertiary/aromatic N) is 3. The highest BCUT2D eigenvalue weighted by Gasteiger charge is 2.32. The van der Waals surface area contributed by atoms with Crippen LogP contribution in [0.15, 0.2) is 12.4 Å². The average Bonchev–Trinajstić information content (AvgIpc) is 2.61. The molecule has 2 rings (SSSR count). The second-order valence-corrected chi connectivity index (χ2v) is 5.99. The molecule has 0 amide bonds. The Hall–Kier alpha value is -0.390. The van der Waals surface area contributed by atoms with Gasteiger partial charge in [0, 0.05) is 43.8 Å². The van der Waals surface area contributed by atoms with Gasteiger partial charge in [0.25, 0.3) is 0 Å². The highest BCUT2D eigenvalue weighted by molar-refractivity contribution is 9.09. The van der Waals surface area contributed by atoms with Gasteiger partial charge in [-0.05, 0) is 13.8 Å². The minimum atomic E-state index is -0.0705. The van der Waals surface area contributed by atoms with Crippen molar-refractivity contribution in [2.75, 3.05) is 18.4 Å². The molecule has 1 aromatic heterocycles. The summed E-state index contributed by atoms with van der Waals surface area (Å²) >= 11 is 3.51. The van der Waals surface area contributed by atoms with Gasteiger partial charge in [0.05, 0.1) is 17.9 Å². The number of rotatable bonds is 3. The van der Waals surface area contributed by atoms with E-state index in [1.54, 1.807) is 0 Å². The molecule has 0 N–H and O–H groups in total. The van der Waals surface area contributed by atoms with Gasteiger partial charge in [-0.2, -0.15) is 5.10 Å². The van der Waals surface area contributed by atoms with E-state index in [1.807, 2.05) is 17.9 Å². The fourth-order valence-electron chi connectivity index (χ4n) is 2.43. The van der Waals surface area contributed by atoms with E-state index in [1.165, 1.54) is 5.56 Å². The Kier molecular flexibility index (Phi) is 3.90. The normalized spacial score (nSPS) is 25.1. The van der Waals surface area contributed by atoms with Crippen LogP contribution in [0, 0.1) is 0 Å². The van der Waals surface area contributed by atoms with Crippen LogP contribution in [-0.2, 0) is 18.3 Å². The molecule has 1 aliphatic heterocycles. The molecule has 17 heavy (non-hydrogen) atoms. The Morgan fingerprint density at radius 3 is 2.94 bits per heavy atom.